The zero-order chi connectivity index (χ0) is 77.3. The predicted molar refractivity (Wildman–Crippen MR) is 412 cm³/mol. The molecule has 2 atom stereocenters. The second-order valence-electron chi connectivity index (χ2n) is 20.7. The Morgan fingerprint density at radius 3 is 0.972 bits per heavy atom. The minimum Gasteiger partial charge on any atom is -0.850 e. The Morgan fingerprint density at radius 2 is 0.692 bits per heavy atom. The molecule has 0 bridgehead atoms. The van der Waals surface area contributed by atoms with Crippen LogP contribution in [0.3, 0.4) is 0 Å². The molecule has 12 rings (SSSR count). The van der Waals surface area contributed by atoms with Crippen molar-refractivity contribution in [2.75, 3.05) is 0 Å². The first kappa shape index (κ1) is 94.5. The fourth-order valence-electron chi connectivity index (χ4n) is 6.53. The van der Waals surface area contributed by atoms with Gasteiger partial charge in [0.2, 0.25) is 0 Å². The van der Waals surface area contributed by atoms with Gasteiger partial charge in [-0.25, -0.2) is 8.78 Å². The number of aromatic nitrogens is 4. The van der Waals surface area contributed by atoms with Gasteiger partial charge in [-0.15, -0.1) is 17.2 Å². The monoisotopic (exact) mass is 1630 g/mol. The number of aldehydes is 2. The summed E-state index contributed by atoms with van der Waals surface area (Å²) in [5.74, 6) is 8.38. The van der Waals surface area contributed by atoms with Gasteiger partial charge >= 0.3 is 65.2 Å². The molecule has 12 aromatic rings. The van der Waals surface area contributed by atoms with Gasteiger partial charge in [-0.05, 0) is 215 Å². The quantitative estimate of drug-likeness (QED) is 0.0173. The van der Waals surface area contributed by atoms with Crippen LogP contribution in [0.5, 0.6) is 34.5 Å². The molecule has 0 aliphatic heterocycles. The van der Waals surface area contributed by atoms with Crippen molar-refractivity contribution < 1.29 is 127 Å². The van der Waals surface area contributed by atoms with Crippen molar-refractivity contribution in [1.29, 1.82) is 0 Å². The Morgan fingerprint density at radius 1 is 0.439 bits per heavy atom. The molecule has 0 spiro atoms. The van der Waals surface area contributed by atoms with Crippen molar-refractivity contribution in [2.24, 2.45) is 0 Å². The predicted octanol–water partition coefficient (Wildman–Crippen LogP) is 18.6. The van der Waals surface area contributed by atoms with E-state index in [1.54, 1.807) is 143 Å². The third-order valence-electron chi connectivity index (χ3n) is 11.2. The van der Waals surface area contributed by atoms with E-state index in [0.717, 1.165) is 23.0 Å². The molecular formula is C78H69Cl4F2KN4O14P4. The topological polar surface area (TPSA) is 256 Å². The molecule has 18 nitrogen and oxygen atoms in total. The first-order valence-corrected chi connectivity index (χ1v) is 38.5. The van der Waals surface area contributed by atoms with Crippen molar-refractivity contribution >= 4 is 88.6 Å². The fraction of sp³-hybridized carbons (Fsp3) is 0.0769. The van der Waals surface area contributed by atoms with Gasteiger partial charge in [0.1, 0.15) is 40.8 Å². The van der Waals surface area contributed by atoms with E-state index in [-0.39, 0.29) is 79.9 Å². The van der Waals surface area contributed by atoms with E-state index >= 15 is 0 Å². The summed E-state index contributed by atoms with van der Waals surface area (Å²) in [6, 6.07) is 80.9. The van der Waals surface area contributed by atoms with Crippen molar-refractivity contribution in [3.63, 3.8) is 0 Å². The molecule has 0 saturated heterocycles. The van der Waals surface area contributed by atoms with Crippen LogP contribution >= 0.6 is 76.0 Å². The third kappa shape index (κ3) is 52.2. The summed E-state index contributed by atoms with van der Waals surface area (Å²) < 4.78 is 65.0. The number of hydrogen-bond donors (Lipinski definition) is 2. The molecule has 4 heterocycles. The van der Waals surface area contributed by atoms with Crippen molar-refractivity contribution in [3.05, 3.63) is 374 Å². The van der Waals surface area contributed by atoms with Gasteiger partial charge in [0.05, 0.1) is 0 Å². The first-order chi connectivity index (χ1) is 51.0. The van der Waals surface area contributed by atoms with Gasteiger partial charge in [-0.2, -0.15) is 0 Å². The maximum atomic E-state index is 12.6. The van der Waals surface area contributed by atoms with Crippen LogP contribution in [-0.2, 0) is 13.7 Å². The average Bonchev–Trinajstić information content (AvgIpc) is 0.949. The molecule has 0 saturated carbocycles. The van der Waals surface area contributed by atoms with E-state index in [0.29, 0.717) is 57.5 Å². The van der Waals surface area contributed by atoms with E-state index in [1.807, 2.05) is 170 Å². The number of benzene rings is 8. The zero-order valence-electron chi connectivity index (χ0n) is 57.6. The largest absolute Gasteiger partial charge is 1.00 e. The smallest absolute Gasteiger partial charge is 0.850 e. The number of aliphatic hydroxyl groups is 1. The Bertz CT molecular complexity index is 4100. The van der Waals surface area contributed by atoms with Gasteiger partial charge in [0.15, 0.2) is 45.8 Å². The molecule has 548 valence electrons. The molecule has 2 unspecified atom stereocenters. The van der Waals surface area contributed by atoms with Crippen molar-refractivity contribution in [2.45, 2.75) is 37.3 Å². The van der Waals surface area contributed by atoms with Gasteiger partial charge in [0.25, 0.3) is 0 Å². The number of para-hydroxylation sites is 6. The standard InChI is InChI=1S/C13H8FN.C12H11O3P.2C12H10O2.C7H5FO.C6H5ClNOP.C6H6NO2P.C6H5NO.C4H9O.Cl3OP.K/c14-13-5-3-11(4-6-13)1-2-12-7-9-15-10-8-12;13-16(14-11-7-3-1-4-8-11)15-12-9-5-2-6-10-12;2*1-3-7-11(8-4-1)13-14-12-9-5-2-6-10-12;8-7-3-1-6(5-9)2-4-7;7-6(10-9)5-1-3-8-4-2-5;8-6(10-9)5-1-3-7-4-2-5;8-5-6-1-3-7-4-2-6;1-4(2,3)5;1-5(2,3)4;/h3-10H;1-10,13H;2*1-10H;1-5H;1-4,6H;1-4,6,8H;1-5H;1-3H3;;/q;;;;;;;;-1;;+1. The molecule has 4 aromatic heterocycles. The second-order valence-corrected chi connectivity index (χ2v) is 30.3. The summed E-state index contributed by atoms with van der Waals surface area (Å²) in [7, 11) is -2.28. The molecule has 0 aliphatic carbocycles. The number of hydrogen-bond acceptors (Lipinski definition) is 18. The van der Waals surface area contributed by atoms with Crippen LogP contribution in [0.1, 0.15) is 74.7 Å². The molecular weight excluding hydrogens is 1560 g/mol. The van der Waals surface area contributed by atoms with Gasteiger partial charge < -0.3 is 24.2 Å². The van der Waals surface area contributed by atoms with Crippen LogP contribution in [0, 0.1) is 23.5 Å². The van der Waals surface area contributed by atoms with Crippen LogP contribution in [0.4, 0.5) is 8.78 Å². The fourth-order valence-corrected chi connectivity index (χ4v) is 7.91. The van der Waals surface area contributed by atoms with Crippen molar-refractivity contribution in [1.82, 2.24) is 19.9 Å². The van der Waals surface area contributed by atoms with E-state index in [2.05, 4.69) is 65.5 Å². The number of rotatable bonds is 16. The maximum absolute atomic E-state index is 12.6. The minimum absolute atomic E-state index is 0. The SMILES string of the molecule is CC(C)(C)[O-].Fc1ccc(C#Cc2ccncc2)cc1.O=Cc1ccc(F)cc1.O=Cc1ccncc1.O=P(Cl)(Cl)Cl.O=PC(Cl)c1ccncc1.O=PC(O)c1ccncc1.OP(Oc1ccccc1)Oc1ccccc1.[K+].c1ccc(OOc2ccccc2)cc1.c1ccc(OOc2ccccc2)cc1. The summed E-state index contributed by atoms with van der Waals surface area (Å²) >= 11 is 19.5. The van der Waals surface area contributed by atoms with Gasteiger partial charge in [-0.1, -0.05) is 142 Å². The second kappa shape index (κ2) is 58.5. The van der Waals surface area contributed by atoms with Gasteiger partial charge in [0, 0.05) is 71.8 Å². The molecule has 0 radical (unpaired) electrons. The van der Waals surface area contributed by atoms with Crippen LogP contribution in [0.25, 0.3) is 0 Å². The van der Waals surface area contributed by atoms with E-state index in [4.69, 9.17) is 45.3 Å². The molecule has 107 heavy (non-hydrogen) atoms. The van der Waals surface area contributed by atoms with E-state index in [1.165, 1.54) is 36.4 Å². The molecule has 8 aromatic carbocycles. The Kier molecular flexibility index (Phi) is 51.7. The summed E-state index contributed by atoms with van der Waals surface area (Å²) in [6.45, 7) is 4.90. The molecule has 0 fully saturated rings. The normalized spacial score (nSPS) is 10.3. The number of halogens is 6. The molecule has 0 amide bonds. The minimum atomic E-state index is -3.22. The van der Waals surface area contributed by atoms with Crippen LogP contribution in [0.2, 0.25) is 0 Å². The Balaban J connectivity index is 0.000000411. The summed E-state index contributed by atoms with van der Waals surface area (Å²) in [6.07, 6.45) is 14.4. The number of pyridine rings is 4. The number of carbonyl (C=O) groups excluding carboxylic acids is 2. The summed E-state index contributed by atoms with van der Waals surface area (Å²) in [5, 5.41) is 15.4. The van der Waals surface area contributed by atoms with Crippen LogP contribution < -0.4 is 85.1 Å². The van der Waals surface area contributed by atoms with Crippen molar-refractivity contribution in [3.8, 4) is 46.3 Å². The van der Waals surface area contributed by atoms with Crippen LogP contribution in [0.15, 0.2) is 329 Å². The summed E-state index contributed by atoms with van der Waals surface area (Å²) in [4.78, 5) is 65.1. The molecule has 0 aliphatic rings. The molecule has 29 heteroatoms. The molecule has 2 N–H and O–H groups in total. The average molecular weight is 1630 g/mol. The number of carbonyl (C=O) groups is 2. The van der Waals surface area contributed by atoms with Gasteiger partial charge in [-0.3, -0.25) is 62.8 Å². The Hall–Kier alpha value is -8.54. The van der Waals surface area contributed by atoms with E-state index in [9.17, 15) is 42.1 Å². The maximum Gasteiger partial charge on any atom is 1.00 e. The third-order valence-corrected chi connectivity index (χ3v) is 13.4. The van der Waals surface area contributed by atoms with Crippen LogP contribution in [-0.4, -0.2) is 48.1 Å². The number of nitrogens with zero attached hydrogens (tertiary/aromatic N) is 4. The first-order valence-electron chi connectivity index (χ1n) is 30.8. The summed E-state index contributed by atoms with van der Waals surface area (Å²) in [5.41, 5.74) is 3.55. The van der Waals surface area contributed by atoms with E-state index < -0.39 is 30.4 Å². The number of alkyl halides is 1. The zero-order valence-corrected chi connectivity index (χ0v) is 67.3. The number of aliphatic hydroxyl groups excluding tert-OH is 1. The Labute approximate surface area is 686 Å².